The molecule has 7 heteroatoms. The van der Waals surface area contributed by atoms with Crippen molar-refractivity contribution in [3.05, 3.63) is 28.2 Å². The van der Waals surface area contributed by atoms with Gasteiger partial charge >= 0.3 is 6.09 Å². The SMILES string of the molecule is CC(C)(C)OC(=O)NC1(COc2cc(F)c(Br)cc2F)CC1. The Balaban J connectivity index is 1.94. The number of carbonyl (C=O) groups excluding carboxylic acids is 1. The van der Waals surface area contributed by atoms with Crippen LogP contribution in [-0.4, -0.2) is 23.8 Å². The molecule has 4 nitrogen and oxygen atoms in total. The molecule has 0 bridgehead atoms. The summed E-state index contributed by atoms with van der Waals surface area (Å²) in [7, 11) is 0. The lowest BCUT2D eigenvalue weighted by molar-refractivity contribution is 0.0476. The Hall–Kier alpha value is -1.37. The zero-order valence-corrected chi connectivity index (χ0v) is 14.2. The van der Waals surface area contributed by atoms with Crippen LogP contribution in [-0.2, 0) is 4.74 Å². The molecule has 1 aliphatic rings. The maximum absolute atomic E-state index is 13.7. The zero-order chi connectivity index (χ0) is 16.5. The third-order valence-electron chi connectivity index (χ3n) is 3.10. The zero-order valence-electron chi connectivity index (χ0n) is 12.6. The second-order valence-electron chi connectivity index (χ2n) is 6.39. The number of benzene rings is 1. The smallest absolute Gasteiger partial charge is 0.408 e. The molecule has 0 aromatic heterocycles. The van der Waals surface area contributed by atoms with E-state index in [1.54, 1.807) is 20.8 Å². The van der Waals surface area contributed by atoms with Crippen LogP contribution < -0.4 is 10.1 Å². The molecule has 0 heterocycles. The van der Waals surface area contributed by atoms with Gasteiger partial charge in [-0.25, -0.2) is 13.6 Å². The van der Waals surface area contributed by atoms with Crippen LogP contribution in [0.25, 0.3) is 0 Å². The fourth-order valence-corrected chi connectivity index (χ4v) is 2.12. The van der Waals surface area contributed by atoms with Gasteiger partial charge < -0.3 is 14.8 Å². The Kier molecular flexibility index (Phi) is 4.65. The van der Waals surface area contributed by atoms with E-state index in [1.807, 2.05) is 0 Å². The first-order chi connectivity index (χ1) is 10.1. The van der Waals surface area contributed by atoms with Crippen LogP contribution in [0.4, 0.5) is 13.6 Å². The van der Waals surface area contributed by atoms with Gasteiger partial charge in [0.25, 0.3) is 0 Å². The summed E-state index contributed by atoms with van der Waals surface area (Å²) >= 11 is 2.90. The van der Waals surface area contributed by atoms with Crippen molar-refractivity contribution in [1.82, 2.24) is 5.32 Å². The lowest BCUT2D eigenvalue weighted by atomic mass is 10.2. The molecule has 1 N–H and O–H groups in total. The van der Waals surface area contributed by atoms with Crippen molar-refractivity contribution in [3.63, 3.8) is 0 Å². The molecule has 1 saturated carbocycles. The fraction of sp³-hybridized carbons (Fsp3) is 0.533. The van der Waals surface area contributed by atoms with Gasteiger partial charge in [0, 0.05) is 6.07 Å². The van der Waals surface area contributed by atoms with Crippen molar-refractivity contribution in [2.45, 2.75) is 44.8 Å². The van der Waals surface area contributed by atoms with E-state index in [0.29, 0.717) is 12.8 Å². The molecule has 1 aromatic rings. The highest BCUT2D eigenvalue weighted by atomic mass is 79.9. The first kappa shape index (κ1) is 17.0. The Morgan fingerprint density at radius 3 is 2.50 bits per heavy atom. The van der Waals surface area contributed by atoms with Crippen LogP contribution in [0.1, 0.15) is 33.6 Å². The van der Waals surface area contributed by atoms with E-state index in [0.717, 1.165) is 12.1 Å². The number of amides is 1. The topological polar surface area (TPSA) is 47.6 Å². The van der Waals surface area contributed by atoms with Crippen molar-refractivity contribution in [1.29, 1.82) is 0 Å². The lowest BCUT2D eigenvalue weighted by Gasteiger charge is -2.23. The highest BCUT2D eigenvalue weighted by molar-refractivity contribution is 9.10. The first-order valence-corrected chi connectivity index (χ1v) is 7.68. The third kappa shape index (κ3) is 4.56. The maximum Gasteiger partial charge on any atom is 0.408 e. The first-order valence-electron chi connectivity index (χ1n) is 6.89. The van der Waals surface area contributed by atoms with Gasteiger partial charge in [-0.1, -0.05) is 0 Å². The maximum atomic E-state index is 13.7. The molecule has 1 aliphatic carbocycles. The van der Waals surface area contributed by atoms with E-state index < -0.39 is 28.9 Å². The van der Waals surface area contributed by atoms with E-state index in [1.165, 1.54) is 0 Å². The molecule has 122 valence electrons. The van der Waals surface area contributed by atoms with Gasteiger partial charge in [0.2, 0.25) is 0 Å². The van der Waals surface area contributed by atoms with Crippen molar-refractivity contribution < 1.29 is 23.0 Å². The summed E-state index contributed by atoms with van der Waals surface area (Å²) in [5, 5.41) is 2.73. The molecule has 1 fully saturated rings. The highest BCUT2D eigenvalue weighted by Gasteiger charge is 2.46. The molecule has 2 rings (SSSR count). The monoisotopic (exact) mass is 377 g/mol. The number of rotatable bonds is 4. The summed E-state index contributed by atoms with van der Waals surface area (Å²) in [5.41, 5.74) is -1.17. The van der Waals surface area contributed by atoms with Gasteiger partial charge in [-0.2, -0.15) is 0 Å². The summed E-state index contributed by atoms with van der Waals surface area (Å²) in [4.78, 5) is 11.8. The predicted molar refractivity (Wildman–Crippen MR) is 80.9 cm³/mol. The van der Waals surface area contributed by atoms with Crippen LogP contribution in [0.3, 0.4) is 0 Å². The molecule has 0 aliphatic heterocycles. The Labute approximate surface area is 136 Å². The van der Waals surface area contributed by atoms with Gasteiger partial charge in [-0.05, 0) is 55.6 Å². The summed E-state index contributed by atoms with van der Waals surface area (Å²) in [6.07, 6.45) is 0.857. The van der Waals surface area contributed by atoms with E-state index in [9.17, 15) is 13.6 Å². The molecule has 0 unspecified atom stereocenters. The second-order valence-corrected chi connectivity index (χ2v) is 7.25. The molecular formula is C15H18BrF2NO3. The van der Waals surface area contributed by atoms with Gasteiger partial charge in [0.15, 0.2) is 11.6 Å². The molecule has 0 radical (unpaired) electrons. The number of nitrogens with one attached hydrogen (secondary N) is 1. The standard InChI is InChI=1S/C15H18BrF2NO3/c1-14(2,3)22-13(20)19-15(4-5-15)8-21-12-7-10(17)9(16)6-11(12)18/h6-7H,4-5,8H2,1-3H3,(H,19,20). The number of hydrogen-bond acceptors (Lipinski definition) is 3. The largest absolute Gasteiger partial charge is 0.488 e. The molecule has 1 aromatic carbocycles. The minimum Gasteiger partial charge on any atom is -0.488 e. The van der Waals surface area contributed by atoms with Crippen molar-refractivity contribution in [3.8, 4) is 5.75 Å². The third-order valence-corrected chi connectivity index (χ3v) is 3.71. The normalized spacial score (nSPS) is 16.1. The fourth-order valence-electron chi connectivity index (χ4n) is 1.81. The number of ether oxygens (including phenoxy) is 2. The van der Waals surface area contributed by atoms with Crippen molar-refractivity contribution >= 4 is 22.0 Å². The second kappa shape index (κ2) is 6.02. The number of hydrogen-bond donors (Lipinski definition) is 1. The molecule has 0 atom stereocenters. The average molecular weight is 378 g/mol. The van der Waals surface area contributed by atoms with Gasteiger partial charge in [0.1, 0.15) is 18.0 Å². The van der Waals surface area contributed by atoms with Gasteiger partial charge in [-0.15, -0.1) is 0 Å². The lowest BCUT2D eigenvalue weighted by Crippen LogP contribution is -2.44. The number of halogens is 3. The van der Waals surface area contributed by atoms with Crippen LogP contribution in [0.15, 0.2) is 16.6 Å². The van der Waals surface area contributed by atoms with Gasteiger partial charge in [-0.3, -0.25) is 0 Å². The molecule has 22 heavy (non-hydrogen) atoms. The average Bonchev–Trinajstić information content (AvgIpc) is 3.09. The van der Waals surface area contributed by atoms with Crippen LogP contribution in [0.2, 0.25) is 0 Å². The highest BCUT2D eigenvalue weighted by Crippen LogP contribution is 2.37. The summed E-state index contributed by atoms with van der Waals surface area (Å²) in [6, 6.07) is 1.98. The Morgan fingerprint density at radius 2 is 1.95 bits per heavy atom. The number of carbonyl (C=O) groups is 1. The van der Waals surface area contributed by atoms with Crippen molar-refractivity contribution in [2.24, 2.45) is 0 Å². The minimum absolute atomic E-state index is 0.0327. The summed E-state index contributed by atoms with van der Waals surface area (Å²) < 4.78 is 37.6. The minimum atomic E-state index is -0.665. The van der Waals surface area contributed by atoms with Gasteiger partial charge in [0.05, 0.1) is 10.0 Å². The molecular weight excluding hydrogens is 360 g/mol. The van der Waals surface area contributed by atoms with E-state index in [4.69, 9.17) is 9.47 Å². The number of alkyl carbamates (subject to hydrolysis) is 1. The quantitative estimate of drug-likeness (QED) is 0.801. The van der Waals surface area contributed by atoms with Crippen LogP contribution >= 0.6 is 15.9 Å². The van der Waals surface area contributed by atoms with Crippen LogP contribution in [0, 0.1) is 11.6 Å². The van der Waals surface area contributed by atoms with Crippen LogP contribution in [0.5, 0.6) is 5.75 Å². The molecule has 0 spiro atoms. The van der Waals surface area contributed by atoms with E-state index in [-0.39, 0.29) is 16.8 Å². The molecule has 0 saturated heterocycles. The van der Waals surface area contributed by atoms with Crippen molar-refractivity contribution in [2.75, 3.05) is 6.61 Å². The van der Waals surface area contributed by atoms with E-state index >= 15 is 0 Å². The van der Waals surface area contributed by atoms with E-state index in [2.05, 4.69) is 21.2 Å². The molecule has 1 amide bonds. The summed E-state index contributed by atoms with van der Waals surface area (Å²) in [5.74, 6) is -1.46. The Bertz CT molecular complexity index is 583. The Morgan fingerprint density at radius 1 is 1.32 bits per heavy atom. The predicted octanol–water partition coefficient (Wildman–Crippen LogP) is 4.16. The summed E-state index contributed by atoms with van der Waals surface area (Å²) in [6.45, 7) is 5.36.